The second kappa shape index (κ2) is 7.81. The van der Waals surface area contributed by atoms with Crippen LogP contribution < -0.4 is 5.32 Å². The Labute approximate surface area is 121 Å². The molecule has 1 aromatic rings. The zero-order chi connectivity index (χ0) is 15.1. The molecule has 0 radical (unpaired) electrons. The van der Waals surface area contributed by atoms with Crippen LogP contribution in [0.1, 0.15) is 30.8 Å². The molecule has 8 nitrogen and oxygen atoms in total. The third-order valence-corrected chi connectivity index (χ3v) is 3.28. The van der Waals surface area contributed by atoms with Crippen LogP contribution in [-0.4, -0.2) is 52.1 Å². The Balaban J connectivity index is 2.46. The van der Waals surface area contributed by atoms with Crippen LogP contribution in [0.15, 0.2) is 0 Å². The Morgan fingerprint density at radius 2 is 2.15 bits per heavy atom. The van der Waals surface area contributed by atoms with Crippen molar-refractivity contribution >= 4 is 23.3 Å². The number of carbonyl (C=O) groups excluding carboxylic acids is 1. The third kappa shape index (κ3) is 4.17. The number of halogens is 1. The number of aromatic amines is 1. The SMILES string of the molecule is CCN(CC)CCCNC(=O)c1n[nH]c([N+](=O)[O-])c1Cl. The van der Waals surface area contributed by atoms with Gasteiger partial charge in [-0.1, -0.05) is 30.5 Å². The number of carbonyl (C=O) groups is 1. The van der Waals surface area contributed by atoms with Crippen molar-refractivity contribution in [1.82, 2.24) is 20.4 Å². The van der Waals surface area contributed by atoms with Crippen LogP contribution in [0.25, 0.3) is 0 Å². The van der Waals surface area contributed by atoms with Gasteiger partial charge in [-0.25, -0.2) is 0 Å². The molecular weight excluding hydrogens is 286 g/mol. The number of hydrogen-bond acceptors (Lipinski definition) is 5. The highest BCUT2D eigenvalue weighted by Crippen LogP contribution is 2.24. The van der Waals surface area contributed by atoms with Crippen molar-refractivity contribution in [2.24, 2.45) is 0 Å². The molecule has 0 aliphatic carbocycles. The molecule has 1 aromatic heterocycles. The number of nitrogens with zero attached hydrogens (tertiary/aromatic N) is 3. The van der Waals surface area contributed by atoms with Gasteiger partial charge < -0.3 is 20.3 Å². The van der Waals surface area contributed by atoms with Gasteiger partial charge in [0.1, 0.15) is 0 Å². The van der Waals surface area contributed by atoms with E-state index >= 15 is 0 Å². The van der Waals surface area contributed by atoms with Gasteiger partial charge >= 0.3 is 5.82 Å². The fraction of sp³-hybridized carbons (Fsp3) is 0.636. The Hall–Kier alpha value is -1.67. The van der Waals surface area contributed by atoms with Gasteiger partial charge in [-0.3, -0.25) is 4.79 Å². The summed E-state index contributed by atoms with van der Waals surface area (Å²) in [7, 11) is 0. The number of amides is 1. The zero-order valence-electron chi connectivity index (χ0n) is 11.5. The fourth-order valence-electron chi connectivity index (χ4n) is 1.72. The largest absolute Gasteiger partial charge is 0.362 e. The lowest BCUT2D eigenvalue weighted by atomic mass is 10.3. The minimum atomic E-state index is -0.716. The lowest BCUT2D eigenvalue weighted by Crippen LogP contribution is -2.30. The predicted octanol–water partition coefficient (Wildman–Crippen LogP) is 1.43. The van der Waals surface area contributed by atoms with E-state index in [1.807, 2.05) is 0 Å². The number of hydrogen-bond donors (Lipinski definition) is 2. The Morgan fingerprint density at radius 1 is 1.50 bits per heavy atom. The Kier molecular flexibility index (Phi) is 6.40. The maximum atomic E-state index is 11.8. The quantitative estimate of drug-likeness (QED) is 0.429. The van der Waals surface area contributed by atoms with Gasteiger partial charge in [-0.2, -0.15) is 0 Å². The van der Waals surface area contributed by atoms with Crippen LogP contribution in [0, 0.1) is 10.1 Å². The second-order valence-electron chi connectivity index (χ2n) is 4.13. The number of nitro groups is 1. The molecule has 1 heterocycles. The summed E-state index contributed by atoms with van der Waals surface area (Å²) in [6.07, 6.45) is 0.789. The zero-order valence-corrected chi connectivity index (χ0v) is 12.2. The Morgan fingerprint density at radius 3 is 2.65 bits per heavy atom. The van der Waals surface area contributed by atoms with Crippen molar-refractivity contribution in [3.63, 3.8) is 0 Å². The molecule has 1 rings (SSSR count). The van der Waals surface area contributed by atoms with Crippen LogP contribution in [0.4, 0.5) is 5.82 Å². The molecule has 0 saturated carbocycles. The number of H-pyrrole nitrogens is 1. The van der Waals surface area contributed by atoms with Crippen molar-refractivity contribution in [2.45, 2.75) is 20.3 Å². The molecule has 0 saturated heterocycles. The molecule has 0 aromatic carbocycles. The van der Waals surface area contributed by atoms with Gasteiger partial charge in [0.15, 0.2) is 10.7 Å². The summed E-state index contributed by atoms with van der Waals surface area (Å²) < 4.78 is 0. The standard InChI is InChI=1S/C11H18ClN5O3/c1-3-16(4-2)7-5-6-13-11(18)9-8(12)10(15-14-9)17(19)20/h3-7H2,1-2H3,(H,13,18)(H,14,15). The van der Waals surface area contributed by atoms with E-state index in [4.69, 9.17) is 11.6 Å². The summed E-state index contributed by atoms with van der Waals surface area (Å²) >= 11 is 5.72. The summed E-state index contributed by atoms with van der Waals surface area (Å²) in [6.45, 7) is 7.41. The smallest absolute Gasteiger partial charge is 0.358 e. The first-order chi connectivity index (χ1) is 9.51. The van der Waals surface area contributed by atoms with E-state index in [1.54, 1.807) is 0 Å². The minimum Gasteiger partial charge on any atom is -0.358 e. The summed E-state index contributed by atoms with van der Waals surface area (Å²) in [5.41, 5.74) is -0.152. The van der Waals surface area contributed by atoms with Crippen LogP contribution in [-0.2, 0) is 0 Å². The van der Waals surface area contributed by atoms with Crippen LogP contribution in [0.3, 0.4) is 0 Å². The average Bonchev–Trinajstić information content (AvgIpc) is 2.80. The van der Waals surface area contributed by atoms with Gasteiger partial charge in [-0.15, -0.1) is 5.10 Å². The highest BCUT2D eigenvalue weighted by Gasteiger charge is 2.24. The highest BCUT2D eigenvalue weighted by molar-refractivity contribution is 6.35. The van der Waals surface area contributed by atoms with E-state index in [-0.39, 0.29) is 10.7 Å². The van der Waals surface area contributed by atoms with Crippen molar-refractivity contribution in [3.8, 4) is 0 Å². The molecule has 9 heteroatoms. The molecule has 0 fully saturated rings. The fourth-order valence-corrected chi connectivity index (χ4v) is 1.96. The van der Waals surface area contributed by atoms with Crippen molar-refractivity contribution < 1.29 is 9.72 Å². The summed E-state index contributed by atoms with van der Waals surface area (Å²) in [5, 5.41) is 18.6. The first-order valence-corrected chi connectivity index (χ1v) is 6.77. The van der Waals surface area contributed by atoms with Gasteiger partial charge in [-0.05, 0) is 31.0 Å². The molecule has 0 aliphatic rings. The molecule has 112 valence electrons. The molecular formula is C11H18ClN5O3. The first-order valence-electron chi connectivity index (χ1n) is 6.40. The van der Waals surface area contributed by atoms with E-state index in [2.05, 4.69) is 34.3 Å². The van der Waals surface area contributed by atoms with Crippen LogP contribution >= 0.6 is 11.6 Å². The molecule has 1 amide bonds. The lowest BCUT2D eigenvalue weighted by molar-refractivity contribution is -0.389. The topological polar surface area (TPSA) is 104 Å². The van der Waals surface area contributed by atoms with Gasteiger partial charge in [0.25, 0.3) is 5.91 Å². The normalized spacial score (nSPS) is 10.8. The number of nitrogens with one attached hydrogen (secondary N) is 2. The number of rotatable bonds is 8. The third-order valence-electron chi connectivity index (χ3n) is 2.92. The van der Waals surface area contributed by atoms with E-state index in [1.165, 1.54) is 0 Å². The molecule has 0 unspecified atom stereocenters. The van der Waals surface area contributed by atoms with Crippen LogP contribution in [0.2, 0.25) is 5.02 Å². The summed E-state index contributed by atoms with van der Waals surface area (Å²) in [4.78, 5) is 23.9. The number of aromatic nitrogens is 2. The van der Waals surface area contributed by atoms with Gasteiger partial charge in [0.05, 0.1) is 0 Å². The minimum absolute atomic E-state index is 0.152. The summed E-state index contributed by atoms with van der Waals surface area (Å²) in [5.74, 6) is -0.987. The predicted molar refractivity (Wildman–Crippen MR) is 75.0 cm³/mol. The van der Waals surface area contributed by atoms with Crippen molar-refractivity contribution in [3.05, 3.63) is 20.8 Å². The highest BCUT2D eigenvalue weighted by atomic mass is 35.5. The molecule has 0 aliphatic heterocycles. The average molecular weight is 304 g/mol. The van der Waals surface area contributed by atoms with Gasteiger partial charge in [0.2, 0.25) is 0 Å². The van der Waals surface area contributed by atoms with E-state index in [9.17, 15) is 14.9 Å². The van der Waals surface area contributed by atoms with Crippen LogP contribution in [0.5, 0.6) is 0 Å². The molecule has 0 bridgehead atoms. The van der Waals surface area contributed by atoms with E-state index < -0.39 is 16.6 Å². The maximum absolute atomic E-state index is 11.8. The molecule has 20 heavy (non-hydrogen) atoms. The second-order valence-corrected chi connectivity index (χ2v) is 4.51. The maximum Gasteiger partial charge on any atom is 0.362 e. The molecule has 2 N–H and O–H groups in total. The van der Waals surface area contributed by atoms with Crippen molar-refractivity contribution in [2.75, 3.05) is 26.2 Å². The molecule has 0 spiro atoms. The monoisotopic (exact) mass is 303 g/mol. The summed E-state index contributed by atoms with van der Waals surface area (Å²) in [6, 6.07) is 0. The molecule has 0 atom stereocenters. The first kappa shape index (κ1) is 16.4. The lowest BCUT2D eigenvalue weighted by Gasteiger charge is -2.17. The van der Waals surface area contributed by atoms with E-state index in [0.29, 0.717) is 6.54 Å². The Bertz CT molecular complexity index is 473. The van der Waals surface area contributed by atoms with Crippen molar-refractivity contribution in [1.29, 1.82) is 0 Å². The van der Waals surface area contributed by atoms with E-state index in [0.717, 1.165) is 26.1 Å². The van der Waals surface area contributed by atoms with Gasteiger partial charge in [0, 0.05) is 6.54 Å².